The fourth-order valence-electron chi connectivity index (χ4n) is 5.66. The Kier molecular flexibility index (Phi) is 9.54. The fourth-order valence-corrected chi connectivity index (χ4v) is 6.62. The monoisotopic (exact) mass is 725 g/mol. The van der Waals surface area contributed by atoms with Crippen LogP contribution in [0.25, 0.3) is 22.2 Å². The van der Waals surface area contributed by atoms with Gasteiger partial charge in [-0.1, -0.05) is 43.1 Å². The van der Waals surface area contributed by atoms with E-state index in [-0.39, 0.29) is 33.5 Å². The summed E-state index contributed by atoms with van der Waals surface area (Å²) in [4.78, 5) is 32.0. The molecule has 0 spiro atoms. The van der Waals surface area contributed by atoms with Gasteiger partial charge >= 0.3 is 15.6 Å². The van der Waals surface area contributed by atoms with Gasteiger partial charge < -0.3 is 18.8 Å². The van der Waals surface area contributed by atoms with E-state index in [9.17, 15) is 31.2 Å². The molecule has 9 nitrogen and oxygen atoms in total. The van der Waals surface area contributed by atoms with Crippen molar-refractivity contribution in [1.82, 2.24) is 4.98 Å². The summed E-state index contributed by atoms with van der Waals surface area (Å²) < 4.78 is 73.0. The third-order valence-electron chi connectivity index (χ3n) is 8.42. The fraction of sp³-hybridized carbons (Fsp3) is 0.364. The maximum atomic E-state index is 13.7. The highest BCUT2D eigenvalue weighted by Gasteiger charge is 2.49. The zero-order valence-electron chi connectivity index (χ0n) is 26.6. The molecule has 48 heavy (non-hydrogen) atoms. The molecular formula is C33H32Cl2F3N3O6S. The predicted octanol–water partition coefficient (Wildman–Crippen LogP) is 8.62. The van der Waals surface area contributed by atoms with Crippen molar-refractivity contribution in [2.75, 3.05) is 23.3 Å². The smallest absolute Gasteiger partial charge is 0.440 e. The summed E-state index contributed by atoms with van der Waals surface area (Å²) in [6, 6.07) is 8.49. The van der Waals surface area contributed by atoms with Crippen LogP contribution < -0.4 is 19.8 Å². The predicted molar refractivity (Wildman–Crippen MR) is 180 cm³/mol. The highest BCUT2D eigenvalue weighted by atomic mass is 35.5. The number of hydrogen-bond acceptors (Lipinski definition) is 9. The number of rotatable bonds is 8. The molecule has 1 atom stereocenters. The third-order valence-corrected chi connectivity index (χ3v) is 9.86. The Labute approximate surface area is 285 Å². The van der Waals surface area contributed by atoms with E-state index in [0.29, 0.717) is 33.7 Å². The Morgan fingerprint density at radius 3 is 2.40 bits per heavy atom. The van der Waals surface area contributed by atoms with Crippen LogP contribution in [0, 0.1) is 19.3 Å². The zero-order chi connectivity index (χ0) is 35.3. The average molecular weight is 727 g/mol. The van der Waals surface area contributed by atoms with Gasteiger partial charge in [0.05, 0.1) is 39.0 Å². The van der Waals surface area contributed by atoms with Crippen molar-refractivity contribution in [3.8, 4) is 17.0 Å². The van der Waals surface area contributed by atoms with Gasteiger partial charge in [-0.15, -0.1) is 0 Å². The number of piperidine rings is 1. The topological polar surface area (TPSA) is 119 Å². The molecule has 1 N–H and O–H groups in total. The Bertz CT molecular complexity index is 2090. The first-order chi connectivity index (χ1) is 22.3. The van der Waals surface area contributed by atoms with Gasteiger partial charge in [-0.3, -0.25) is 9.59 Å². The van der Waals surface area contributed by atoms with Crippen LogP contribution in [-0.2, 0) is 10.1 Å². The number of halogens is 5. The number of nitrogens with zero attached hydrogens (tertiary/aromatic N) is 2. The van der Waals surface area contributed by atoms with Gasteiger partial charge in [0.2, 0.25) is 5.88 Å². The molecule has 0 radical (unpaired) electrons. The second-order valence-electron chi connectivity index (χ2n) is 12.6. The van der Waals surface area contributed by atoms with Crippen LogP contribution in [0.5, 0.6) is 5.75 Å². The molecule has 15 heteroatoms. The summed E-state index contributed by atoms with van der Waals surface area (Å²) in [6.07, 6.45) is 2.00. The summed E-state index contributed by atoms with van der Waals surface area (Å²) in [6.45, 7) is 11.4. The van der Waals surface area contributed by atoms with E-state index >= 15 is 0 Å². The van der Waals surface area contributed by atoms with Gasteiger partial charge in [-0.2, -0.15) is 21.6 Å². The molecule has 256 valence electrons. The number of alkyl halides is 3. The summed E-state index contributed by atoms with van der Waals surface area (Å²) in [5.41, 5.74) is -3.16. The molecule has 0 aliphatic carbocycles. The number of aromatic nitrogens is 1. The van der Waals surface area contributed by atoms with E-state index in [1.54, 1.807) is 19.1 Å². The first kappa shape index (κ1) is 35.5. The van der Waals surface area contributed by atoms with E-state index in [0.717, 1.165) is 43.6 Å². The lowest BCUT2D eigenvalue weighted by atomic mass is 9.82. The quantitative estimate of drug-likeness (QED) is 0.0824. The molecule has 1 aliphatic rings. The minimum absolute atomic E-state index is 0.0452. The van der Waals surface area contributed by atoms with E-state index in [1.165, 1.54) is 6.07 Å². The Hall–Kier alpha value is -3.81. The summed E-state index contributed by atoms with van der Waals surface area (Å²) in [7, 11) is -6.11. The number of carbonyl (C=O) groups is 1. The number of aldehydes is 1. The number of benzene rings is 2. The van der Waals surface area contributed by atoms with E-state index in [2.05, 4.69) is 33.2 Å². The van der Waals surface area contributed by atoms with Gasteiger partial charge in [0, 0.05) is 24.2 Å². The van der Waals surface area contributed by atoms with Crippen molar-refractivity contribution in [2.45, 2.75) is 59.0 Å². The number of nitrogens with one attached hydrogen (secondary N) is 1. The van der Waals surface area contributed by atoms with Crippen molar-refractivity contribution in [3.05, 3.63) is 79.1 Å². The lowest BCUT2D eigenvalue weighted by Gasteiger charge is -2.37. The van der Waals surface area contributed by atoms with Crippen LogP contribution in [0.4, 0.5) is 24.7 Å². The zero-order valence-corrected chi connectivity index (χ0v) is 28.9. The molecular weight excluding hydrogens is 694 g/mol. The maximum Gasteiger partial charge on any atom is 0.534 e. The van der Waals surface area contributed by atoms with Crippen molar-refractivity contribution in [2.24, 2.45) is 5.41 Å². The van der Waals surface area contributed by atoms with Crippen molar-refractivity contribution in [3.63, 3.8) is 0 Å². The average Bonchev–Trinajstić information content (AvgIpc) is 3.00. The van der Waals surface area contributed by atoms with Gasteiger partial charge in [0.1, 0.15) is 10.7 Å². The SMILES string of the molecule is Cc1cc(C(C)Nc2ccc(Cl)nc2-c2cc(Cl)c(OS(=O)(=O)C(F)(F)F)c(C=O)c2)c2oc(N3CCC(C)(C)CC3)c(C)c(=O)c2c1. The van der Waals surface area contributed by atoms with Crippen LogP contribution in [-0.4, -0.2) is 38.3 Å². The number of pyridine rings is 1. The summed E-state index contributed by atoms with van der Waals surface area (Å²) in [5, 5.41) is 3.23. The van der Waals surface area contributed by atoms with E-state index < -0.39 is 38.0 Å². The molecule has 1 fully saturated rings. The van der Waals surface area contributed by atoms with E-state index in [1.807, 2.05) is 19.9 Å². The standard InChI is InChI=1S/C33H32Cl2F3N3O6S/c1-17-12-22(30-23(13-17)28(43)18(2)31(46-30)41-10-8-32(4,5)9-11-41)19(3)39-25-6-7-26(35)40-27(25)20-14-21(16-42)29(24(34)15-20)47-48(44,45)33(36,37)38/h6-7,12-16,19,39H,8-11H2,1-5H3. The molecule has 4 aromatic rings. The minimum Gasteiger partial charge on any atom is -0.440 e. The molecule has 1 unspecified atom stereocenters. The lowest BCUT2D eigenvalue weighted by molar-refractivity contribution is -0.0500. The molecule has 5 rings (SSSR count). The van der Waals surface area contributed by atoms with Gasteiger partial charge in [-0.05, 0) is 74.9 Å². The number of hydrogen-bond donors (Lipinski definition) is 1. The maximum absolute atomic E-state index is 13.7. The number of anilines is 2. The molecule has 0 bridgehead atoms. The van der Waals surface area contributed by atoms with Crippen LogP contribution in [0.15, 0.2) is 45.6 Å². The van der Waals surface area contributed by atoms with Crippen LogP contribution in [0.2, 0.25) is 10.2 Å². The molecule has 0 amide bonds. The summed E-state index contributed by atoms with van der Waals surface area (Å²) >= 11 is 12.4. The van der Waals surface area contributed by atoms with Crippen LogP contribution in [0.3, 0.4) is 0 Å². The Balaban J connectivity index is 1.57. The lowest BCUT2D eigenvalue weighted by Crippen LogP contribution is -2.38. The second-order valence-corrected chi connectivity index (χ2v) is 14.9. The minimum atomic E-state index is -6.11. The largest absolute Gasteiger partial charge is 0.534 e. The molecule has 0 saturated carbocycles. The molecule has 2 aromatic heterocycles. The molecule has 1 saturated heterocycles. The van der Waals surface area contributed by atoms with Crippen LogP contribution in [0.1, 0.15) is 66.7 Å². The highest BCUT2D eigenvalue weighted by Crippen LogP contribution is 2.40. The Morgan fingerprint density at radius 2 is 1.77 bits per heavy atom. The third kappa shape index (κ3) is 6.99. The normalized spacial score (nSPS) is 15.8. The molecule has 2 aromatic carbocycles. The second kappa shape index (κ2) is 12.9. The van der Waals surface area contributed by atoms with Crippen molar-refractivity contribution >= 4 is 62.1 Å². The first-order valence-electron chi connectivity index (χ1n) is 14.9. The number of aryl methyl sites for hydroxylation is 1. The van der Waals surface area contributed by atoms with Gasteiger partial charge in [0.15, 0.2) is 17.5 Å². The van der Waals surface area contributed by atoms with Gasteiger partial charge in [-0.25, -0.2) is 4.98 Å². The van der Waals surface area contributed by atoms with Crippen molar-refractivity contribution < 1.29 is 35.0 Å². The molecule has 1 aliphatic heterocycles. The number of carbonyl (C=O) groups excluding carboxylic acids is 1. The molecule has 3 heterocycles. The van der Waals surface area contributed by atoms with E-state index in [4.69, 9.17) is 27.6 Å². The first-order valence-corrected chi connectivity index (χ1v) is 17.0. The van der Waals surface area contributed by atoms with Crippen molar-refractivity contribution in [1.29, 1.82) is 0 Å². The highest BCUT2D eigenvalue weighted by molar-refractivity contribution is 7.88. The Morgan fingerprint density at radius 1 is 1.10 bits per heavy atom. The van der Waals surface area contributed by atoms with Gasteiger partial charge in [0.25, 0.3) is 0 Å². The number of fused-ring (bicyclic) bond motifs is 1. The summed E-state index contributed by atoms with van der Waals surface area (Å²) in [5.74, 6) is -0.456. The van der Waals surface area contributed by atoms with Crippen LogP contribution >= 0.6 is 23.2 Å².